The zero-order valence-corrected chi connectivity index (χ0v) is 19.7. The molecule has 5 unspecified atom stereocenters. The summed E-state index contributed by atoms with van der Waals surface area (Å²) in [5.74, 6) is -5.65. The summed E-state index contributed by atoms with van der Waals surface area (Å²) in [5, 5.41) is 2.61. The van der Waals surface area contributed by atoms with Crippen molar-refractivity contribution in [1.29, 1.82) is 0 Å². The summed E-state index contributed by atoms with van der Waals surface area (Å²) in [5.41, 5.74) is 0. The first-order chi connectivity index (χ1) is 15.3. The average molecular weight is 473 g/mol. The van der Waals surface area contributed by atoms with Crippen molar-refractivity contribution < 1.29 is 52.4 Å². The summed E-state index contributed by atoms with van der Waals surface area (Å²) in [6, 6.07) is -0.948. The molecule has 1 heterocycles. The third-order valence-corrected chi connectivity index (χ3v) is 4.20. The van der Waals surface area contributed by atoms with E-state index in [1.807, 2.05) is 0 Å². The monoisotopic (exact) mass is 473 g/mol. The maximum Gasteiger partial charge on any atom is 0.371 e. The van der Waals surface area contributed by atoms with Crippen LogP contribution in [0, 0.1) is 0 Å². The number of carbonyl (C=O) groups is 5. The highest BCUT2D eigenvalue weighted by Crippen LogP contribution is 2.31. The average Bonchev–Trinajstić information content (AvgIpc) is 2.68. The zero-order valence-electron chi connectivity index (χ0n) is 19.7. The van der Waals surface area contributed by atoms with Crippen molar-refractivity contribution >= 4 is 29.8 Å². The molecule has 0 aromatic rings. The molecule has 0 aliphatic carbocycles. The van der Waals surface area contributed by atoms with Gasteiger partial charge in [0.05, 0.1) is 19.3 Å². The Balaban J connectivity index is 3.57. The maximum absolute atomic E-state index is 12.6. The van der Waals surface area contributed by atoms with Crippen LogP contribution in [0.1, 0.15) is 41.5 Å². The van der Waals surface area contributed by atoms with Gasteiger partial charge in [-0.15, -0.1) is 0 Å². The number of ether oxygens (including phenoxy) is 6. The minimum atomic E-state index is -2.05. The SMILES string of the molecule is COC(=O)C1(OC(C)C)C=CC(NC(C)=O)C(C(OC(C)=O)C(COC(C)=O)OC(C)=O)O1. The van der Waals surface area contributed by atoms with Crippen molar-refractivity contribution in [2.75, 3.05) is 13.7 Å². The summed E-state index contributed by atoms with van der Waals surface area (Å²) in [7, 11) is 1.13. The van der Waals surface area contributed by atoms with E-state index in [9.17, 15) is 24.0 Å². The first-order valence-electron chi connectivity index (χ1n) is 10.2. The summed E-state index contributed by atoms with van der Waals surface area (Å²) in [6.07, 6.45) is -1.90. The molecular weight excluding hydrogens is 442 g/mol. The van der Waals surface area contributed by atoms with Gasteiger partial charge in [-0.3, -0.25) is 19.2 Å². The van der Waals surface area contributed by atoms with Crippen LogP contribution in [0.3, 0.4) is 0 Å². The number of amides is 1. The van der Waals surface area contributed by atoms with Crippen LogP contribution in [0.15, 0.2) is 12.2 Å². The van der Waals surface area contributed by atoms with E-state index < -0.39 is 72.6 Å². The Kier molecular flexibility index (Phi) is 10.5. The Morgan fingerprint density at radius 3 is 2.06 bits per heavy atom. The van der Waals surface area contributed by atoms with Gasteiger partial charge >= 0.3 is 23.9 Å². The number of rotatable bonds is 10. The standard InChI is InChI=1S/C21H31NO11/c1-11(2)32-21(20(27)28-7)9-8-16(22-12(3)23)18(33-21)19(31-15(6)26)17(30-14(5)25)10-29-13(4)24/h8-9,11,16-19H,10H2,1-7H3,(H,22,23). The molecule has 0 aromatic heterocycles. The van der Waals surface area contributed by atoms with Crippen LogP contribution in [0.4, 0.5) is 0 Å². The molecule has 0 spiro atoms. The molecule has 1 aliphatic rings. The first-order valence-corrected chi connectivity index (χ1v) is 10.2. The largest absolute Gasteiger partial charge is 0.465 e. The Morgan fingerprint density at radius 2 is 1.61 bits per heavy atom. The van der Waals surface area contributed by atoms with Gasteiger partial charge in [0.15, 0.2) is 12.2 Å². The minimum absolute atomic E-state index is 0.459. The lowest BCUT2D eigenvalue weighted by Gasteiger charge is -2.43. The van der Waals surface area contributed by atoms with Gasteiger partial charge in [0.25, 0.3) is 5.79 Å². The molecule has 0 saturated heterocycles. The van der Waals surface area contributed by atoms with Crippen LogP contribution in [-0.4, -0.2) is 79.7 Å². The van der Waals surface area contributed by atoms with Gasteiger partial charge in [-0.2, -0.15) is 0 Å². The van der Waals surface area contributed by atoms with Gasteiger partial charge in [0.2, 0.25) is 5.91 Å². The third-order valence-electron chi connectivity index (χ3n) is 4.20. The van der Waals surface area contributed by atoms with E-state index in [0.717, 1.165) is 27.9 Å². The lowest BCUT2D eigenvalue weighted by Crippen LogP contribution is -2.62. The second-order valence-corrected chi connectivity index (χ2v) is 7.52. The quantitative estimate of drug-likeness (QED) is 0.262. The highest BCUT2D eigenvalue weighted by molar-refractivity contribution is 5.81. The fraction of sp³-hybridized carbons (Fsp3) is 0.667. The predicted octanol–water partition coefficient (Wildman–Crippen LogP) is 0.167. The molecule has 5 atom stereocenters. The smallest absolute Gasteiger partial charge is 0.371 e. The minimum Gasteiger partial charge on any atom is -0.465 e. The van der Waals surface area contributed by atoms with Crippen molar-refractivity contribution in [3.05, 3.63) is 12.2 Å². The van der Waals surface area contributed by atoms with Crippen LogP contribution < -0.4 is 5.32 Å². The summed E-state index contributed by atoms with van der Waals surface area (Å²) in [4.78, 5) is 59.5. The van der Waals surface area contributed by atoms with Gasteiger partial charge in [0.1, 0.15) is 12.7 Å². The molecule has 0 fully saturated rings. The molecule has 0 radical (unpaired) electrons. The summed E-state index contributed by atoms with van der Waals surface area (Å²) in [6.45, 7) is 7.43. The Bertz CT molecular complexity index is 778. The molecule has 33 heavy (non-hydrogen) atoms. The van der Waals surface area contributed by atoms with Crippen molar-refractivity contribution in [3.63, 3.8) is 0 Å². The van der Waals surface area contributed by atoms with Gasteiger partial charge in [-0.05, 0) is 19.9 Å². The third kappa shape index (κ3) is 8.46. The molecule has 1 N–H and O–H groups in total. The summed E-state index contributed by atoms with van der Waals surface area (Å²) >= 11 is 0. The molecule has 0 aromatic carbocycles. The molecule has 186 valence electrons. The molecule has 12 heteroatoms. The fourth-order valence-corrected chi connectivity index (χ4v) is 3.17. The van der Waals surface area contributed by atoms with Crippen molar-refractivity contribution in [2.24, 2.45) is 0 Å². The Labute approximate surface area is 191 Å². The topological polar surface area (TPSA) is 153 Å². The highest BCUT2D eigenvalue weighted by Gasteiger charge is 2.52. The lowest BCUT2D eigenvalue weighted by atomic mass is 9.95. The van der Waals surface area contributed by atoms with Gasteiger partial charge < -0.3 is 33.7 Å². The van der Waals surface area contributed by atoms with E-state index in [4.69, 9.17) is 28.4 Å². The molecule has 0 bridgehead atoms. The normalized spacial score (nSPS) is 23.8. The number of hydrogen-bond donors (Lipinski definition) is 1. The maximum atomic E-state index is 12.6. The number of carbonyl (C=O) groups excluding carboxylic acids is 5. The van der Waals surface area contributed by atoms with Gasteiger partial charge in [0, 0.05) is 27.7 Å². The number of hydrogen-bond acceptors (Lipinski definition) is 11. The van der Waals surface area contributed by atoms with Crippen molar-refractivity contribution in [1.82, 2.24) is 5.32 Å². The van der Waals surface area contributed by atoms with Crippen LogP contribution in [0.5, 0.6) is 0 Å². The summed E-state index contributed by atoms with van der Waals surface area (Å²) < 4.78 is 32.1. The molecule has 1 amide bonds. The zero-order chi connectivity index (χ0) is 25.3. The second-order valence-electron chi connectivity index (χ2n) is 7.52. The van der Waals surface area contributed by atoms with E-state index in [1.165, 1.54) is 19.1 Å². The molecular formula is C21H31NO11. The number of esters is 4. The van der Waals surface area contributed by atoms with Crippen LogP contribution in [0.25, 0.3) is 0 Å². The van der Waals surface area contributed by atoms with E-state index in [-0.39, 0.29) is 0 Å². The van der Waals surface area contributed by atoms with Crippen LogP contribution >= 0.6 is 0 Å². The molecule has 1 rings (SSSR count). The Hall–Kier alpha value is -2.99. The van der Waals surface area contributed by atoms with E-state index in [0.29, 0.717) is 0 Å². The van der Waals surface area contributed by atoms with Gasteiger partial charge in [-0.25, -0.2) is 4.79 Å². The number of methoxy groups -OCH3 is 1. The molecule has 12 nitrogen and oxygen atoms in total. The lowest BCUT2D eigenvalue weighted by molar-refractivity contribution is -0.275. The van der Waals surface area contributed by atoms with Crippen LogP contribution in [-0.2, 0) is 52.4 Å². The second kappa shape index (κ2) is 12.3. The highest BCUT2D eigenvalue weighted by atomic mass is 16.7. The van der Waals surface area contributed by atoms with E-state index >= 15 is 0 Å². The predicted molar refractivity (Wildman–Crippen MR) is 110 cm³/mol. The van der Waals surface area contributed by atoms with Gasteiger partial charge in [-0.1, -0.05) is 6.08 Å². The van der Waals surface area contributed by atoms with Crippen molar-refractivity contribution in [2.45, 2.75) is 77.8 Å². The number of nitrogens with one attached hydrogen (secondary N) is 1. The fourth-order valence-electron chi connectivity index (χ4n) is 3.17. The van der Waals surface area contributed by atoms with Crippen molar-refractivity contribution in [3.8, 4) is 0 Å². The molecule has 1 aliphatic heterocycles. The first kappa shape index (κ1) is 28.0. The molecule has 0 saturated carbocycles. The Morgan fingerprint density at radius 1 is 1.00 bits per heavy atom. The van der Waals surface area contributed by atoms with Crippen LogP contribution in [0.2, 0.25) is 0 Å². The van der Waals surface area contributed by atoms with E-state index in [2.05, 4.69) is 5.32 Å². The van der Waals surface area contributed by atoms with E-state index in [1.54, 1.807) is 13.8 Å².